The van der Waals surface area contributed by atoms with E-state index in [1.165, 1.54) is 6.08 Å². The summed E-state index contributed by atoms with van der Waals surface area (Å²) in [5.74, 6) is 1.47. The summed E-state index contributed by atoms with van der Waals surface area (Å²) >= 11 is 0. The lowest BCUT2D eigenvalue weighted by Gasteiger charge is -2.10. The van der Waals surface area contributed by atoms with E-state index in [1.807, 2.05) is 38.1 Å². The molecule has 5 nitrogen and oxygen atoms in total. The standard InChI is InChI=1S/C21H21NO4/c1-3-24-17-10-12-21(25-4-2)18(15-17)19(23)11-9-16-7-5-6-8-20(16)26-14-13-22/h5-12,15H,3-4,14H2,1-2H3/b11-9+. The van der Waals surface area contributed by atoms with Gasteiger partial charge in [0.1, 0.15) is 23.3 Å². The maximum absolute atomic E-state index is 12.7. The first-order valence-corrected chi connectivity index (χ1v) is 8.40. The predicted molar refractivity (Wildman–Crippen MR) is 99.7 cm³/mol. The molecule has 0 fully saturated rings. The molecule has 0 aromatic heterocycles. The van der Waals surface area contributed by atoms with E-state index in [-0.39, 0.29) is 12.4 Å². The number of nitriles is 1. The van der Waals surface area contributed by atoms with Gasteiger partial charge in [-0.3, -0.25) is 4.79 Å². The van der Waals surface area contributed by atoms with Crippen molar-refractivity contribution < 1.29 is 19.0 Å². The largest absolute Gasteiger partial charge is 0.494 e. The molecule has 0 aliphatic rings. The Bertz CT molecular complexity index is 821. The zero-order chi connectivity index (χ0) is 18.8. The van der Waals surface area contributed by atoms with Crippen LogP contribution in [-0.2, 0) is 0 Å². The zero-order valence-corrected chi connectivity index (χ0v) is 14.9. The Morgan fingerprint density at radius 2 is 1.81 bits per heavy atom. The van der Waals surface area contributed by atoms with Gasteiger partial charge in [0.15, 0.2) is 12.4 Å². The molecule has 0 heterocycles. The number of para-hydroxylation sites is 1. The highest BCUT2D eigenvalue weighted by Gasteiger charge is 2.12. The number of hydrogen-bond acceptors (Lipinski definition) is 5. The van der Waals surface area contributed by atoms with Crippen molar-refractivity contribution >= 4 is 11.9 Å². The average Bonchev–Trinajstić information content (AvgIpc) is 2.66. The summed E-state index contributed by atoms with van der Waals surface area (Å²) in [5, 5.41) is 8.66. The van der Waals surface area contributed by atoms with Gasteiger partial charge in [-0.05, 0) is 50.3 Å². The van der Waals surface area contributed by atoms with Crippen LogP contribution in [0.25, 0.3) is 6.08 Å². The van der Waals surface area contributed by atoms with Crippen molar-refractivity contribution in [2.45, 2.75) is 13.8 Å². The van der Waals surface area contributed by atoms with Gasteiger partial charge in [-0.2, -0.15) is 5.26 Å². The molecule has 0 aliphatic heterocycles. The molecular weight excluding hydrogens is 330 g/mol. The Morgan fingerprint density at radius 3 is 2.54 bits per heavy atom. The molecule has 2 aromatic carbocycles. The van der Waals surface area contributed by atoms with Crippen LogP contribution in [0.5, 0.6) is 17.2 Å². The number of ketones is 1. The highest BCUT2D eigenvalue weighted by atomic mass is 16.5. The monoisotopic (exact) mass is 351 g/mol. The van der Waals surface area contributed by atoms with Crippen LogP contribution in [0.3, 0.4) is 0 Å². The van der Waals surface area contributed by atoms with Crippen molar-refractivity contribution in [2.75, 3.05) is 19.8 Å². The summed E-state index contributed by atoms with van der Waals surface area (Å²) in [5.41, 5.74) is 1.15. The molecule has 0 spiro atoms. The molecule has 5 heteroatoms. The Morgan fingerprint density at radius 1 is 1.04 bits per heavy atom. The SMILES string of the molecule is CCOc1ccc(OCC)c(C(=O)/C=C/c2ccccc2OCC#N)c1. The third-order valence-corrected chi connectivity index (χ3v) is 3.45. The van der Waals surface area contributed by atoms with Crippen molar-refractivity contribution in [3.8, 4) is 23.3 Å². The van der Waals surface area contributed by atoms with Crippen molar-refractivity contribution in [1.29, 1.82) is 5.26 Å². The summed E-state index contributed by atoms with van der Waals surface area (Å²) in [7, 11) is 0. The number of carbonyl (C=O) groups excluding carboxylic acids is 1. The van der Waals surface area contributed by atoms with Crippen molar-refractivity contribution in [3.05, 3.63) is 59.7 Å². The molecule has 0 atom stereocenters. The fraction of sp³-hybridized carbons (Fsp3) is 0.238. The maximum atomic E-state index is 12.7. The fourth-order valence-electron chi connectivity index (χ4n) is 2.35. The first kappa shape index (κ1) is 19.1. The van der Waals surface area contributed by atoms with Crippen LogP contribution in [0, 0.1) is 11.3 Å². The van der Waals surface area contributed by atoms with E-state index in [0.29, 0.717) is 36.0 Å². The maximum Gasteiger partial charge on any atom is 0.189 e. The van der Waals surface area contributed by atoms with Gasteiger partial charge in [0.05, 0.1) is 18.8 Å². The van der Waals surface area contributed by atoms with Gasteiger partial charge in [0.25, 0.3) is 0 Å². The third-order valence-electron chi connectivity index (χ3n) is 3.45. The molecule has 2 rings (SSSR count). The molecule has 0 N–H and O–H groups in total. The molecule has 0 saturated carbocycles. The molecule has 134 valence electrons. The van der Waals surface area contributed by atoms with Crippen molar-refractivity contribution in [2.24, 2.45) is 0 Å². The van der Waals surface area contributed by atoms with Crippen LogP contribution in [0.4, 0.5) is 0 Å². The number of allylic oxidation sites excluding steroid dienone is 1. The normalized spacial score (nSPS) is 10.3. The molecule has 0 amide bonds. The molecule has 0 bridgehead atoms. The molecular formula is C21H21NO4. The minimum absolute atomic E-state index is 0.0519. The second-order valence-electron chi connectivity index (χ2n) is 5.21. The van der Waals surface area contributed by atoms with Gasteiger partial charge in [0, 0.05) is 5.56 Å². The quantitative estimate of drug-likeness (QED) is 0.498. The van der Waals surface area contributed by atoms with E-state index in [4.69, 9.17) is 19.5 Å². The minimum Gasteiger partial charge on any atom is -0.494 e. The molecule has 0 unspecified atom stereocenters. The molecule has 26 heavy (non-hydrogen) atoms. The predicted octanol–water partition coefficient (Wildman–Crippen LogP) is 4.28. The van der Waals surface area contributed by atoms with Gasteiger partial charge >= 0.3 is 0 Å². The number of carbonyl (C=O) groups is 1. The summed E-state index contributed by atoms with van der Waals surface area (Å²) in [4.78, 5) is 12.7. The van der Waals surface area contributed by atoms with Gasteiger partial charge in [-0.25, -0.2) is 0 Å². The number of nitrogens with zero attached hydrogens (tertiary/aromatic N) is 1. The summed E-state index contributed by atoms with van der Waals surface area (Å²) < 4.78 is 16.4. The van der Waals surface area contributed by atoms with E-state index in [1.54, 1.807) is 30.3 Å². The topological polar surface area (TPSA) is 68.6 Å². The van der Waals surface area contributed by atoms with E-state index in [9.17, 15) is 4.79 Å². The first-order valence-electron chi connectivity index (χ1n) is 8.40. The summed E-state index contributed by atoms with van der Waals surface area (Å²) in [6.45, 7) is 4.67. The summed E-state index contributed by atoms with van der Waals surface area (Å²) in [6, 6.07) is 14.3. The lowest BCUT2D eigenvalue weighted by atomic mass is 10.1. The second kappa shape index (κ2) is 9.90. The smallest absolute Gasteiger partial charge is 0.189 e. The molecule has 0 aliphatic carbocycles. The summed E-state index contributed by atoms with van der Waals surface area (Å²) in [6.07, 6.45) is 3.13. The van der Waals surface area contributed by atoms with Crippen molar-refractivity contribution in [3.63, 3.8) is 0 Å². The lowest BCUT2D eigenvalue weighted by molar-refractivity contribution is 0.104. The second-order valence-corrected chi connectivity index (χ2v) is 5.21. The Labute approximate surface area is 153 Å². The van der Waals surface area contributed by atoms with E-state index in [2.05, 4.69) is 0 Å². The number of hydrogen-bond donors (Lipinski definition) is 0. The Balaban J connectivity index is 2.28. The fourth-order valence-corrected chi connectivity index (χ4v) is 2.35. The van der Waals surface area contributed by atoms with Crippen LogP contribution in [0.15, 0.2) is 48.5 Å². The number of ether oxygens (including phenoxy) is 3. The van der Waals surface area contributed by atoms with Crippen LogP contribution >= 0.6 is 0 Å². The van der Waals surface area contributed by atoms with Crippen LogP contribution in [-0.4, -0.2) is 25.6 Å². The minimum atomic E-state index is -0.204. The Kier molecular flexibility index (Phi) is 7.26. The zero-order valence-electron chi connectivity index (χ0n) is 14.9. The van der Waals surface area contributed by atoms with E-state index < -0.39 is 0 Å². The highest BCUT2D eigenvalue weighted by molar-refractivity contribution is 6.09. The molecule has 0 radical (unpaired) electrons. The van der Waals surface area contributed by atoms with Gasteiger partial charge in [0.2, 0.25) is 0 Å². The molecule has 0 saturated heterocycles. The third kappa shape index (κ3) is 5.12. The highest BCUT2D eigenvalue weighted by Crippen LogP contribution is 2.26. The number of benzene rings is 2. The van der Waals surface area contributed by atoms with Crippen LogP contribution < -0.4 is 14.2 Å². The van der Waals surface area contributed by atoms with Crippen LogP contribution in [0.1, 0.15) is 29.8 Å². The number of rotatable bonds is 9. The Hall–Kier alpha value is -3.26. The molecule has 2 aromatic rings. The van der Waals surface area contributed by atoms with Gasteiger partial charge in [-0.1, -0.05) is 18.2 Å². The lowest BCUT2D eigenvalue weighted by Crippen LogP contribution is -2.03. The average molecular weight is 351 g/mol. The van der Waals surface area contributed by atoms with Crippen molar-refractivity contribution in [1.82, 2.24) is 0 Å². The van der Waals surface area contributed by atoms with Crippen LogP contribution in [0.2, 0.25) is 0 Å². The van der Waals surface area contributed by atoms with Gasteiger partial charge < -0.3 is 14.2 Å². The first-order chi connectivity index (χ1) is 12.7. The van der Waals surface area contributed by atoms with E-state index in [0.717, 1.165) is 5.56 Å². The van der Waals surface area contributed by atoms with E-state index >= 15 is 0 Å². The van der Waals surface area contributed by atoms with Gasteiger partial charge in [-0.15, -0.1) is 0 Å².